The Bertz CT molecular complexity index is 1010. The van der Waals surface area contributed by atoms with Crippen LogP contribution in [0, 0.1) is 0 Å². The number of hydrogen-bond acceptors (Lipinski definition) is 3. The van der Waals surface area contributed by atoms with Gasteiger partial charge in [0, 0.05) is 18.0 Å². The molecule has 1 amide bonds. The first-order valence-electron chi connectivity index (χ1n) is 9.29. The fourth-order valence-electron chi connectivity index (χ4n) is 3.96. The third kappa shape index (κ3) is 3.30. The third-order valence-electron chi connectivity index (χ3n) is 5.36. The monoisotopic (exact) mass is 401 g/mol. The van der Waals surface area contributed by atoms with Crippen molar-refractivity contribution < 1.29 is 27.5 Å². The van der Waals surface area contributed by atoms with E-state index < -0.39 is 23.6 Å². The summed E-state index contributed by atoms with van der Waals surface area (Å²) < 4.78 is 45.7. The second-order valence-electron chi connectivity index (χ2n) is 7.03. The van der Waals surface area contributed by atoms with Crippen LogP contribution in [-0.4, -0.2) is 18.5 Å². The van der Waals surface area contributed by atoms with E-state index in [1.807, 2.05) is 19.1 Å². The van der Waals surface area contributed by atoms with E-state index in [4.69, 9.17) is 4.74 Å². The zero-order chi connectivity index (χ0) is 20.8. The van der Waals surface area contributed by atoms with Gasteiger partial charge in [-0.1, -0.05) is 37.3 Å². The molecule has 0 radical (unpaired) electrons. The number of benzene rings is 2. The number of aryl methyl sites for hydroxylation is 1. The van der Waals surface area contributed by atoms with Crippen molar-refractivity contribution in [2.45, 2.75) is 31.9 Å². The normalized spacial score (nSPS) is 19.4. The largest absolute Gasteiger partial charge is 0.456 e. The van der Waals surface area contributed by atoms with Crippen LogP contribution in [0.3, 0.4) is 0 Å². The topological polar surface area (TPSA) is 46.6 Å². The highest BCUT2D eigenvalue weighted by atomic mass is 19.4. The van der Waals surface area contributed by atoms with Gasteiger partial charge >= 0.3 is 12.1 Å². The van der Waals surface area contributed by atoms with Crippen LogP contribution in [0.4, 0.5) is 18.9 Å². The van der Waals surface area contributed by atoms with Gasteiger partial charge in [0.25, 0.3) is 0 Å². The van der Waals surface area contributed by atoms with Gasteiger partial charge in [-0.2, -0.15) is 13.2 Å². The molecule has 4 rings (SSSR count). The molecule has 1 atom stereocenters. The lowest BCUT2D eigenvalue weighted by molar-refractivity contribution is -0.139. The van der Waals surface area contributed by atoms with Crippen molar-refractivity contribution in [3.8, 4) is 0 Å². The van der Waals surface area contributed by atoms with E-state index >= 15 is 0 Å². The van der Waals surface area contributed by atoms with E-state index in [-0.39, 0.29) is 30.1 Å². The number of hydrogen-bond donors (Lipinski definition) is 0. The Morgan fingerprint density at radius 1 is 1.07 bits per heavy atom. The lowest BCUT2D eigenvalue weighted by atomic mass is 9.82. The molecule has 0 fully saturated rings. The molecule has 2 heterocycles. The number of alkyl halides is 3. The van der Waals surface area contributed by atoms with Crippen molar-refractivity contribution in [3.63, 3.8) is 0 Å². The lowest BCUT2D eigenvalue weighted by Crippen LogP contribution is -2.38. The third-order valence-corrected chi connectivity index (χ3v) is 5.36. The number of amides is 1. The highest BCUT2D eigenvalue weighted by Crippen LogP contribution is 2.45. The average Bonchev–Trinajstić information content (AvgIpc) is 3.08. The number of carbonyl (C=O) groups is 2. The molecule has 0 spiro atoms. The van der Waals surface area contributed by atoms with E-state index in [9.17, 15) is 22.8 Å². The first-order chi connectivity index (χ1) is 13.8. The van der Waals surface area contributed by atoms with Gasteiger partial charge in [-0.05, 0) is 35.7 Å². The molecule has 0 saturated heterocycles. The maximum absolute atomic E-state index is 13.5. The van der Waals surface area contributed by atoms with Crippen LogP contribution in [0.1, 0.15) is 36.0 Å². The summed E-state index contributed by atoms with van der Waals surface area (Å²) in [4.78, 5) is 26.8. The maximum atomic E-state index is 13.5. The standard InChI is InChI=1S/C22H18F3NO3/c1-2-13-7-9-14(10-8-13)26-18-12-29-21(28)20(18)16(11-19(26)27)15-5-3-4-6-17(15)22(23,24)25/h3-10,16H,2,11-12H2,1H3. The van der Waals surface area contributed by atoms with Gasteiger partial charge in [-0.3, -0.25) is 9.69 Å². The van der Waals surface area contributed by atoms with Gasteiger partial charge in [0.1, 0.15) is 6.61 Å². The van der Waals surface area contributed by atoms with Crippen LogP contribution < -0.4 is 4.90 Å². The average molecular weight is 401 g/mol. The molecule has 4 nitrogen and oxygen atoms in total. The second kappa shape index (κ2) is 7.06. The molecule has 2 aromatic rings. The smallest absolute Gasteiger partial charge is 0.416 e. The molecule has 2 aliphatic heterocycles. The number of cyclic esters (lactones) is 1. The zero-order valence-corrected chi connectivity index (χ0v) is 15.6. The summed E-state index contributed by atoms with van der Waals surface area (Å²) in [5, 5.41) is 0. The van der Waals surface area contributed by atoms with Crippen LogP contribution in [0.2, 0.25) is 0 Å². The Hall–Kier alpha value is -3.09. The fraction of sp³-hybridized carbons (Fsp3) is 0.273. The summed E-state index contributed by atoms with van der Waals surface area (Å²) in [6.45, 7) is 1.87. The van der Waals surface area contributed by atoms with E-state index in [2.05, 4.69) is 0 Å². The predicted molar refractivity (Wildman–Crippen MR) is 100 cm³/mol. The maximum Gasteiger partial charge on any atom is 0.416 e. The molecule has 0 N–H and O–H groups in total. The molecular weight excluding hydrogens is 383 g/mol. The molecule has 0 bridgehead atoms. The number of anilines is 1. The molecule has 1 unspecified atom stereocenters. The number of halogens is 3. The highest BCUT2D eigenvalue weighted by Gasteiger charge is 2.45. The molecular formula is C22H18F3NO3. The van der Waals surface area contributed by atoms with Gasteiger partial charge in [0.2, 0.25) is 5.91 Å². The minimum absolute atomic E-state index is 0.0827. The van der Waals surface area contributed by atoms with E-state index in [0.29, 0.717) is 11.4 Å². The lowest BCUT2D eigenvalue weighted by Gasteiger charge is -2.32. The Balaban J connectivity index is 1.83. The first-order valence-corrected chi connectivity index (χ1v) is 9.29. The second-order valence-corrected chi connectivity index (χ2v) is 7.03. The van der Waals surface area contributed by atoms with Crippen molar-refractivity contribution in [2.24, 2.45) is 0 Å². The van der Waals surface area contributed by atoms with Crippen molar-refractivity contribution in [1.82, 2.24) is 0 Å². The van der Waals surface area contributed by atoms with Gasteiger partial charge in [-0.25, -0.2) is 4.79 Å². The molecule has 7 heteroatoms. The van der Waals surface area contributed by atoms with E-state index in [0.717, 1.165) is 18.1 Å². The number of rotatable bonds is 3. The molecule has 0 aliphatic carbocycles. The van der Waals surface area contributed by atoms with Crippen molar-refractivity contribution >= 4 is 17.6 Å². The summed E-state index contributed by atoms with van der Waals surface area (Å²) in [5.41, 5.74) is 1.17. The number of ether oxygens (including phenoxy) is 1. The van der Waals surface area contributed by atoms with E-state index in [1.54, 1.807) is 12.1 Å². The minimum atomic E-state index is -4.59. The Kier molecular flexibility index (Phi) is 4.68. The molecule has 2 aliphatic rings. The summed E-state index contributed by atoms with van der Waals surface area (Å²) in [6.07, 6.45) is -3.99. The van der Waals surface area contributed by atoms with Crippen molar-refractivity contribution in [2.75, 3.05) is 11.5 Å². The summed E-state index contributed by atoms with van der Waals surface area (Å²) in [5.74, 6) is -2.03. The predicted octanol–water partition coefficient (Wildman–Crippen LogP) is 4.60. The quantitative estimate of drug-likeness (QED) is 0.707. The molecule has 0 aromatic heterocycles. The Morgan fingerprint density at radius 3 is 2.41 bits per heavy atom. The Morgan fingerprint density at radius 2 is 1.76 bits per heavy atom. The van der Waals surface area contributed by atoms with Gasteiger partial charge in [0.05, 0.1) is 16.8 Å². The van der Waals surface area contributed by atoms with Gasteiger partial charge < -0.3 is 4.74 Å². The number of nitrogens with zero attached hydrogens (tertiary/aromatic N) is 1. The number of carbonyl (C=O) groups excluding carboxylic acids is 2. The molecule has 150 valence electrons. The minimum Gasteiger partial charge on any atom is -0.456 e. The Labute approximate surface area is 165 Å². The molecule has 0 saturated carbocycles. The highest BCUT2D eigenvalue weighted by molar-refractivity contribution is 6.06. The molecule has 29 heavy (non-hydrogen) atoms. The van der Waals surface area contributed by atoms with Crippen LogP contribution >= 0.6 is 0 Å². The van der Waals surface area contributed by atoms with Crippen LogP contribution in [0.15, 0.2) is 59.8 Å². The SMILES string of the molecule is CCc1ccc(N2C(=O)CC(c3ccccc3C(F)(F)F)C3=C2COC3=O)cc1. The van der Waals surface area contributed by atoms with Crippen LogP contribution in [-0.2, 0) is 26.9 Å². The summed E-state index contributed by atoms with van der Waals surface area (Å²) in [7, 11) is 0. The van der Waals surface area contributed by atoms with Crippen LogP contribution in [0.25, 0.3) is 0 Å². The zero-order valence-electron chi connectivity index (χ0n) is 15.6. The fourth-order valence-corrected chi connectivity index (χ4v) is 3.96. The van der Waals surface area contributed by atoms with Gasteiger partial charge in [0.15, 0.2) is 0 Å². The first kappa shape index (κ1) is 19.2. The summed E-state index contributed by atoms with van der Waals surface area (Å²) in [6, 6.07) is 12.4. The number of esters is 1. The van der Waals surface area contributed by atoms with E-state index in [1.165, 1.54) is 23.1 Å². The summed E-state index contributed by atoms with van der Waals surface area (Å²) >= 11 is 0. The molecule has 2 aromatic carbocycles. The van der Waals surface area contributed by atoms with Crippen molar-refractivity contribution in [1.29, 1.82) is 0 Å². The van der Waals surface area contributed by atoms with Crippen LogP contribution in [0.5, 0.6) is 0 Å². The van der Waals surface area contributed by atoms with Gasteiger partial charge in [-0.15, -0.1) is 0 Å². The van der Waals surface area contributed by atoms with Crippen molar-refractivity contribution in [3.05, 3.63) is 76.5 Å².